The number of benzene rings is 1. The van der Waals surface area contributed by atoms with E-state index in [0.717, 1.165) is 10.9 Å². The minimum Gasteiger partial charge on any atom is -0.462 e. The summed E-state index contributed by atoms with van der Waals surface area (Å²) in [6.45, 7) is 2.05. The number of nitrogens with zero attached hydrogens (tertiary/aromatic N) is 1. The van der Waals surface area contributed by atoms with E-state index in [4.69, 9.17) is 4.74 Å². The number of nitrogens with one attached hydrogen (secondary N) is 1. The van der Waals surface area contributed by atoms with Crippen LogP contribution >= 0.6 is 0 Å². The molecule has 0 atom stereocenters. The van der Waals surface area contributed by atoms with Gasteiger partial charge in [0.2, 0.25) is 0 Å². The van der Waals surface area contributed by atoms with E-state index in [1.807, 2.05) is 31.3 Å². The van der Waals surface area contributed by atoms with Gasteiger partial charge >= 0.3 is 5.97 Å². The summed E-state index contributed by atoms with van der Waals surface area (Å²) in [4.78, 5) is 26.7. The van der Waals surface area contributed by atoms with Gasteiger partial charge in [0.25, 0.3) is 5.56 Å². The third-order valence-corrected chi connectivity index (χ3v) is 3.43. The van der Waals surface area contributed by atoms with E-state index >= 15 is 0 Å². The zero-order valence-corrected chi connectivity index (χ0v) is 11.3. The molecule has 20 heavy (non-hydrogen) atoms. The summed E-state index contributed by atoms with van der Waals surface area (Å²) < 4.78 is 6.86. The second-order valence-corrected chi connectivity index (χ2v) is 4.55. The number of rotatable bonds is 2. The number of aromatic nitrogens is 2. The number of fused-ring (bicyclic) bond motifs is 3. The highest BCUT2D eigenvalue weighted by molar-refractivity contribution is 6.16. The molecule has 2 heterocycles. The molecule has 0 unspecified atom stereocenters. The molecule has 0 spiro atoms. The van der Waals surface area contributed by atoms with Gasteiger partial charge < -0.3 is 14.3 Å². The molecule has 3 rings (SSSR count). The Labute approximate surface area is 114 Å². The minimum absolute atomic E-state index is 0.216. The van der Waals surface area contributed by atoms with Crippen LogP contribution in [0.25, 0.3) is 21.8 Å². The van der Waals surface area contributed by atoms with Gasteiger partial charge in [-0.15, -0.1) is 0 Å². The lowest BCUT2D eigenvalue weighted by atomic mass is 10.1. The van der Waals surface area contributed by atoms with Crippen molar-refractivity contribution in [3.05, 3.63) is 46.4 Å². The van der Waals surface area contributed by atoms with Crippen molar-refractivity contribution in [1.82, 2.24) is 9.55 Å². The summed E-state index contributed by atoms with van der Waals surface area (Å²) in [5.74, 6) is -0.426. The van der Waals surface area contributed by atoms with Gasteiger partial charge in [-0.05, 0) is 13.0 Å². The van der Waals surface area contributed by atoms with Gasteiger partial charge in [0, 0.05) is 29.5 Å². The first-order valence-electron chi connectivity index (χ1n) is 6.41. The normalized spacial score (nSPS) is 11.1. The standard InChI is InChI=1S/C15H14N2O3/c1-3-20-15(19)10-8-16-14(18)13-12(10)9-6-4-5-7-11(9)17(13)2/h4-8H,3H2,1-2H3,(H,16,18). The summed E-state index contributed by atoms with van der Waals surface area (Å²) in [6, 6.07) is 7.61. The molecule has 3 aromatic rings. The number of carbonyl (C=O) groups is 1. The zero-order valence-electron chi connectivity index (χ0n) is 11.3. The van der Waals surface area contributed by atoms with Gasteiger partial charge in [-0.25, -0.2) is 4.79 Å². The average molecular weight is 270 g/mol. The molecule has 2 aromatic heterocycles. The Bertz CT molecular complexity index is 874. The average Bonchev–Trinajstić information content (AvgIpc) is 2.75. The molecule has 5 nitrogen and oxygen atoms in total. The van der Waals surface area contributed by atoms with E-state index in [1.54, 1.807) is 11.5 Å². The number of aryl methyl sites for hydroxylation is 1. The van der Waals surface area contributed by atoms with Crippen molar-refractivity contribution in [3.8, 4) is 0 Å². The Morgan fingerprint density at radius 1 is 1.35 bits per heavy atom. The lowest BCUT2D eigenvalue weighted by molar-refractivity contribution is 0.0528. The maximum absolute atomic E-state index is 12.1. The second-order valence-electron chi connectivity index (χ2n) is 4.55. The van der Waals surface area contributed by atoms with Crippen LogP contribution in [0.5, 0.6) is 0 Å². The quantitative estimate of drug-likeness (QED) is 0.726. The summed E-state index contributed by atoms with van der Waals surface area (Å²) in [7, 11) is 1.81. The highest BCUT2D eigenvalue weighted by Gasteiger charge is 2.19. The summed E-state index contributed by atoms with van der Waals surface area (Å²) >= 11 is 0. The Balaban J connectivity index is 2.50. The zero-order chi connectivity index (χ0) is 14.3. The van der Waals surface area contributed by atoms with E-state index in [9.17, 15) is 9.59 Å². The molecule has 5 heteroatoms. The van der Waals surface area contributed by atoms with E-state index in [-0.39, 0.29) is 5.56 Å². The molecular weight excluding hydrogens is 256 g/mol. The Morgan fingerprint density at radius 3 is 2.85 bits per heavy atom. The van der Waals surface area contributed by atoms with Crippen molar-refractivity contribution >= 4 is 27.8 Å². The van der Waals surface area contributed by atoms with Crippen LogP contribution in [0.2, 0.25) is 0 Å². The van der Waals surface area contributed by atoms with Crippen molar-refractivity contribution in [2.45, 2.75) is 6.92 Å². The maximum atomic E-state index is 12.1. The monoisotopic (exact) mass is 270 g/mol. The number of para-hydroxylation sites is 1. The molecule has 0 aliphatic rings. The third kappa shape index (κ3) is 1.63. The van der Waals surface area contributed by atoms with Gasteiger partial charge in [-0.2, -0.15) is 0 Å². The number of pyridine rings is 1. The first-order chi connectivity index (χ1) is 9.65. The molecule has 0 saturated carbocycles. The van der Waals surface area contributed by atoms with E-state index in [1.165, 1.54) is 6.20 Å². The molecule has 0 saturated heterocycles. The second kappa shape index (κ2) is 4.52. The van der Waals surface area contributed by atoms with Crippen LogP contribution in [-0.2, 0) is 11.8 Å². The molecule has 0 aliphatic carbocycles. The van der Waals surface area contributed by atoms with E-state index in [0.29, 0.717) is 23.1 Å². The van der Waals surface area contributed by atoms with Crippen LogP contribution in [0.1, 0.15) is 17.3 Å². The van der Waals surface area contributed by atoms with Crippen molar-refractivity contribution in [2.75, 3.05) is 6.61 Å². The van der Waals surface area contributed by atoms with Crippen LogP contribution in [0, 0.1) is 0 Å². The van der Waals surface area contributed by atoms with Crippen molar-refractivity contribution in [3.63, 3.8) is 0 Å². The molecule has 0 amide bonds. The molecule has 0 radical (unpaired) electrons. The smallest absolute Gasteiger partial charge is 0.340 e. The van der Waals surface area contributed by atoms with Crippen LogP contribution in [0.15, 0.2) is 35.3 Å². The first kappa shape index (κ1) is 12.5. The van der Waals surface area contributed by atoms with Gasteiger partial charge in [0.05, 0.1) is 12.2 Å². The number of aromatic amines is 1. The fraction of sp³-hybridized carbons (Fsp3) is 0.200. The number of carbonyl (C=O) groups excluding carboxylic acids is 1. The number of hydrogen-bond donors (Lipinski definition) is 1. The molecular formula is C15H14N2O3. The fourth-order valence-corrected chi connectivity index (χ4v) is 2.58. The largest absolute Gasteiger partial charge is 0.462 e. The van der Waals surface area contributed by atoms with Crippen molar-refractivity contribution in [1.29, 1.82) is 0 Å². The third-order valence-electron chi connectivity index (χ3n) is 3.43. The number of esters is 1. The minimum atomic E-state index is -0.426. The van der Waals surface area contributed by atoms with Crippen LogP contribution in [-0.4, -0.2) is 22.1 Å². The number of H-pyrrole nitrogens is 1. The lowest BCUT2D eigenvalue weighted by Crippen LogP contribution is -2.13. The van der Waals surface area contributed by atoms with Crippen LogP contribution in [0.4, 0.5) is 0 Å². The van der Waals surface area contributed by atoms with Gasteiger partial charge in [0.15, 0.2) is 0 Å². The van der Waals surface area contributed by atoms with Crippen LogP contribution in [0.3, 0.4) is 0 Å². The molecule has 1 N–H and O–H groups in total. The fourth-order valence-electron chi connectivity index (χ4n) is 2.58. The Kier molecular flexibility index (Phi) is 2.82. The van der Waals surface area contributed by atoms with Crippen molar-refractivity contribution < 1.29 is 9.53 Å². The van der Waals surface area contributed by atoms with E-state index in [2.05, 4.69) is 4.98 Å². The van der Waals surface area contributed by atoms with E-state index < -0.39 is 5.97 Å². The highest BCUT2D eigenvalue weighted by Crippen LogP contribution is 2.28. The van der Waals surface area contributed by atoms with Gasteiger partial charge in [0.1, 0.15) is 5.52 Å². The number of hydrogen-bond acceptors (Lipinski definition) is 3. The summed E-state index contributed by atoms with van der Waals surface area (Å²) in [5, 5.41) is 1.52. The van der Waals surface area contributed by atoms with Crippen molar-refractivity contribution in [2.24, 2.45) is 7.05 Å². The highest BCUT2D eigenvalue weighted by atomic mass is 16.5. The lowest BCUT2D eigenvalue weighted by Gasteiger charge is -2.03. The molecule has 1 aromatic carbocycles. The Morgan fingerprint density at radius 2 is 2.10 bits per heavy atom. The van der Waals surface area contributed by atoms with Crippen LogP contribution < -0.4 is 5.56 Å². The first-order valence-corrected chi connectivity index (χ1v) is 6.41. The molecule has 0 fully saturated rings. The summed E-state index contributed by atoms with van der Waals surface area (Å²) in [5.41, 5.74) is 1.56. The SMILES string of the molecule is CCOC(=O)c1c[nH]c(=O)c2c1c1ccccc1n2C. The maximum Gasteiger partial charge on any atom is 0.340 e. The predicted octanol–water partition coefficient (Wildman–Crippen LogP) is 2.20. The molecule has 0 bridgehead atoms. The topological polar surface area (TPSA) is 64.1 Å². The summed E-state index contributed by atoms with van der Waals surface area (Å²) in [6.07, 6.45) is 1.43. The predicted molar refractivity (Wildman–Crippen MR) is 77.0 cm³/mol. The molecule has 102 valence electrons. The number of ether oxygens (including phenoxy) is 1. The van der Waals surface area contributed by atoms with Gasteiger partial charge in [-0.1, -0.05) is 18.2 Å². The Hall–Kier alpha value is -2.56. The molecule has 0 aliphatic heterocycles. The van der Waals surface area contributed by atoms with Gasteiger partial charge in [-0.3, -0.25) is 4.79 Å².